The number of nitrogens with zero attached hydrogens (tertiary/aromatic N) is 1. The van der Waals surface area contributed by atoms with E-state index in [0.29, 0.717) is 29.2 Å². The Hall–Kier alpha value is -2.49. The van der Waals surface area contributed by atoms with Crippen LogP contribution in [0.2, 0.25) is 0 Å². The van der Waals surface area contributed by atoms with Gasteiger partial charge in [0.2, 0.25) is 11.8 Å². The lowest BCUT2D eigenvalue weighted by molar-refractivity contribution is -0.139. The van der Waals surface area contributed by atoms with Gasteiger partial charge in [0.05, 0.1) is 25.9 Å². The average Bonchev–Trinajstić information content (AvgIpc) is 3.02. The third-order valence-corrected chi connectivity index (χ3v) is 4.35. The van der Waals surface area contributed by atoms with E-state index in [1.165, 1.54) is 14.2 Å². The minimum Gasteiger partial charge on any atom is -0.493 e. The lowest BCUT2D eigenvalue weighted by atomic mass is 10.1. The molecule has 27 heavy (non-hydrogen) atoms. The minimum absolute atomic E-state index is 0.0123. The van der Waals surface area contributed by atoms with Crippen LogP contribution in [0.15, 0.2) is 12.1 Å². The zero-order valence-electron chi connectivity index (χ0n) is 15.2. The molecule has 1 aliphatic rings. The maximum atomic E-state index is 12.7. The van der Waals surface area contributed by atoms with Crippen LogP contribution in [0.1, 0.15) is 18.9 Å². The summed E-state index contributed by atoms with van der Waals surface area (Å²) in [5, 5.41) is 1.84. The van der Waals surface area contributed by atoms with Gasteiger partial charge in [-0.15, -0.1) is 0 Å². The van der Waals surface area contributed by atoms with Crippen molar-refractivity contribution in [3.8, 4) is 11.5 Å². The molecule has 3 N–H and O–H groups in total. The summed E-state index contributed by atoms with van der Waals surface area (Å²) in [6, 6.07) is 1.08. The summed E-state index contributed by atoms with van der Waals surface area (Å²) in [6.45, 7) is 0.216. The van der Waals surface area contributed by atoms with Crippen LogP contribution in [0, 0.1) is 0 Å². The zero-order chi connectivity index (χ0) is 20.4. The highest BCUT2D eigenvalue weighted by Crippen LogP contribution is 2.44. The summed E-state index contributed by atoms with van der Waals surface area (Å²) >= 11 is 0. The molecule has 0 saturated heterocycles. The predicted octanol–water partition coefficient (Wildman–Crippen LogP) is 1.38. The third kappa shape index (κ3) is 4.26. The van der Waals surface area contributed by atoms with E-state index in [9.17, 15) is 22.8 Å². The lowest BCUT2D eigenvalue weighted by Crippen LogP contribution is -2.53. The van der Waals surface area contributed by atoms with E-state index in [2.05, 4.69) is 0 Å². The van der Waals surface area contributed by atoms with Gasteiger partial charge in [-0.1, -0.05) is 6.92 Å². The van der Waals surface area contributed by atoms with Crippen molar-refractivity contribution in [2.75, 3.05) is 25.7 Å². The van der Waals surface area contributed by atoms with E-state index in [0.717, 1.165) is 4.90 Å². The van der Waals surface area contributed by atoms with Gasteiger partial charge in [-0.2, -0.15) is 13.2 Å². The number of halogens is 3. The Labute approximate surface area is 154 Å². The number of carbonyl (C=O) groups is 2. The number of nitrogens with two attached hydrogens (primary N) is 1. The molecular formula is C17H22F3N3O4. The first-order valence-electron chi connectivity index (χ1n) is 8.31. The molecule has 0 unspecified atom stereocenters. The van der Waals surface area contributed by atoms with Crippen molar-refractivity contribution < 1.29 is 32.2 Å². The molecule has 10 heteroatoms. The molecule has 0 aromatic heterocycles. The van der Waals surface area contributed by atoms with Gasteiger partial charge in [0.1, 0.15) is 12.6 Å². The molecule has 1 aromatic carbocycles. The Kier molecular flexibility index (Phi) is 6.19. The number of methoxy groups -OCH3 is 2. The van der Waals surface area contributed by atoms with Crippen LogP contribution < -0.4 is 25.4 Å². The second-order valence-electron chi connectivity index (χ2n) is 6.07. The SMILES string of the molecule is CC[C@H](N)C(=O)N1c2ccc(OC)c(OC)c2C[C@@H]1C(=O)NCC(F)(F)F. The maximum absolute atomic E-state index is 12.7. The van der Waals surface area contributed by atoms with Gasteiger partial charge in [0.25, 0.3) is 0 Å². The van der Waals surface area contributed by atoms with Crippen molar-refractivity contribution in [2.24, 2.45) is 5.73 Å². The molecule has 0 radical (unpaired) electrons. The molecular weight excluding hydrogens is 367 g/mol. The van der Waals surface area contributed by atoms with Gasteiger partial charge in [0.15, 0.2) is 11.5 Å². The Bertz CT molecular complexity index is 724. The van der Waals surface area contributed by atoms with E-state index in [-0.39, 0.29) is 6.42 Å². The van der Waals surface area contributed by atoms with Crippen molar-refractivity contribution in [2.45, 2.75) is 38.0 Å². The molecule has 2 rings (SSSR count). The molecule has 1 heterocycles. The van der Waals surface area contributed by atoms with Crippen LogP contribution in [0.25, 0.3) is 0 Å². The van der Waals surface area contributed by atoms with Crippen LogP contribution in [-0.2, 0) is 16.0 Å². The Morgan fingerprint density at radius 3 is 2.52 bits per heavy atom. The normalized spacial score (nSPS) is 17.3. The van der Waals surface area contributed by atoms with Crippen LogP contribution >= 0.6 is 0 Å². The van der Waals surface area contributed by atoms with Crippen molar-refractivity contribution >= 4 is 17.5 Å². The first-order valence-corrected chi connectivity index (χ1v) is 8.31. The quantitative estimate of drug-likeness (QED) is 0.767. The van der Waals surface area contributed by atoms with Gasteiger partial charge in [-0.05, 0) is 18.6 Å². The summed E-state index contributed by atoms with van der Waals surface area (Å²) in [6.07, 6.45) is -4.26. The fourth-order valence-electron chi connectivity index (χ4n) is 3.00. The van der Waals surface area contributed by atoms with Gasteiger partial charge < -0.3 is 20.5 Å². The predicted molar refractivity (Wildman–Crippen MR) is 91.9 cm³/mol. The first-order chi connectivity index (χ1) is 12.6. The van der Waals surface area contributed by atoms with Crippen LogP contribution in [0.3, 0.4) is 0 Å². The topological polar surface area (TPSA) is 93.9 Å². The molecule has 7 nitrogen and oxygen atoms in total. The Morgan fingerprint density at radius 2 is 2.00 bits per heavy atom. The third-order valence-electron chi connectivity index (χ3n) is 4.35. The largest absolute Gasteiger partial charge is 0.493 e. The molecule has 0 spiro atoms. The smallest absolute Gasteiger partial charge is 0.405 e. The number of amides is 2. The second-order valence-corrected chi connectivity index (χ2v) is 6.07. The lowest BCUT2D eigenvalue weighted by Gasteiger charge is -2.27. The zero-order valence-corrected chi connectivity index (χ0v) is 15.2. The highest BCUT2D eigenvalue weighted by atomic mass is 19.4. The van der Waals surface area contributed by atoms with Crippen molar-refractivity contribution in [1.82, 2.24) is 5.32 Å². The number of anilines is 1. The molecule has 0 saturated carbocycles. The van der Waals surface area contributed by atoms with Crippen LogP contribution in [0.4, 0.5) is 18.9 Å². The van der Waals surface area contributed by atoms with Gasteiger partial charge in [-0.25, -0.2) is 0 Å². The number of benzene rings is 1. The standard InChI is InChI=1S/C17H22F3N3O4/c1-4-10(21)16(25)23-11-5-6-13(26-2)14(27-3)9(11)7-12(23)15(24)22-8-17(18,19)20/h5-6,10,12H,4,7-8,21H2,1-3H3,(H,22,24)/t10-,12+/m0/s1. The van der Waals surface area contributed by atoms with Crippen LogP contribution in [-0.4, -0.2) is 50.8 Å². The minimum atomic E-state index is -4.56. The number of rotatable bonds is 6. The second kappa shape index (κ2) is 8.03. The number of hydrogen-bond acceptors (Lipinski definition) is 5. The molecule has 0 fully saturated rings. The van der Waals surface area contributed by atoms with Gasteiger partial charge in [-0.3, -0.25) is 14.5 Å². The first kappa shape index (κ1) is 20.8. The average molecular weight is 389 g/mol. The van der Waals surface area contributed by atoms with Crippen molar-refractivity contribution in [3.63, 3.8) is 0 Å². The van der Waals surface area contributed by atoms with Crippen LogP contribution in [0.5, 0.6) is 11.5 Å². The Balaban J connectivity index is 2.44. The fraction of sp³-hybridized carbons (Fsp3) is 0.529. The number of carbonyl (C=O) groups excluding carboxylic acids is 2. The summed E-state index contributed by atoms with van der Waals surface area (Å²) < 4.78 is 48.0. The molecule has 2 amide bonds. The molecule has 0 bridgehead atoms. The number of nitrogens with one attached hydrogen (secondary N) is 1. The molecule has 0 aliphatic carbocycles. The van der Waals surface area contributed by atoms with Crippen molar-refractivity contribution in [3.05, 3.63) is 17.7 Å². The van der Waals surface area contributed by atoms with E-state index in [1.54, 1.807) is 19.1 Å². The van der Waals surface area contributed by atoms with E-state index in [1.807, 2.05) is 5.32 Å². The van der Waals surface area contributed by atoms with E-state index < -0.39 is 36.6 Å². The van der Waals surface area contributed by atoms with Crippen molar-refractivity contribution in [1.29, 1.82) is 0 Å². The Morgan fingerprint density at radius 1 is 1.33 bits per heavy atom. The van der Waals surface area contributed by atoms with E-state index in [4.69, 9.17) is 15.2 Å². The summed E-state index contributed by atoms with van der Waals surface area (Å²) in [4.78, 5) is 26.3. The maximum Gasteiger partial charge on any atom is 0.405 e. The molecule has 1 aliphatic heterocycles. The molecule has 1 aromatic rings. The highest BCUT2D eigenvalue weighted by molar-refractivity contribution is 6.06. The monoisotopic (exact) mass is 389 g/mol. The van der Waals surface area contributed by atoms with E-state index >= 15 is 0 Å². The summed E-state index contributed by atoms with van der Waals surface area (Å²) in [7, 11) is 2.84. The fourth-order valence-corrected chi connectivity index (χ4v) is 3.00. The molecule has 2 atom stereocenters. The van der Waals surface area contributed by atoms with Gasteiger partial charge >= 0.3 is 6.18 Å². The highest BCUT2D eigenvalue weighted by Gasteiger charge is 2.42. The number of fused-ring (bicyclic) bond motifs is 1. The summed E-state index contributed by atoms with van der Waals surface area (Å²) in [5.74, 6) is -0.749. The number of hydrogen-bond donors (Lipinski definition) is 2. The number of ether oxygens (including phenoxy) is 2. The van der Waals surface area contributed by atoms with Gasteiger partial charge in [0, 0.05) is 12.0 Å². The number of alkyl halides is 3. The molecule has 150 valence electrons. The summed E-state index contributed by atoms with van der Waals surface area (Å²) in [5.41, 5.74) is 6.70.